The summed E-state index contributed by atoms with van der Waals surface area (Å²) in [5.41, 5.74) is 0. The molecule has 0 aromatic rings. The molecule has 0 unspecified atom stereocenters. The number of rotatable bonds is 8. The molecular formula is C15H30N2O. The average Bonchev–Trinajstić information content (AvgIpc) is 2.38. The highest BCUT2D eigenvalue weighted by atomic mass is 16.1. The topological polar surface area (TPSA) is 41.1 Å². The zero-order valence-electron chi connectivity index (χ0n) is 12.1. The lowest BCUT2D eigenvalue weighted by atomic mass is 9.83. The molecule has 2 N–H and O–H groups in total. The number of amides is 1. The van der Waals surface area contributed by atoms with Gasteiger partial charge in [0.2, 0.25) is 5.91 Å². The van der Waals surface area contributed by atoms with Gasteiger partial charge >= 0.3 is 0 Å². The van der Waals surface area contributed by atoms with Crippen molar-refractivity contribution in [3.63, 3.8) is 0 Å². The maximum absolute atomic E-state index is 11.7. The molecule has 0 radical (unpaired) electrons. The third kappa shape index (κ3) is 6.39. The monoisotopic (exact) mass is 254 g/mol. The van der Waals surface area contributed by atoms with E-state index >= 15 is 0 Å². The minimum Gasteiger partial charge on any atom is -0.353 e. The predicted octanol–water partition coefficient (Wildman–Crippen LogP) is 2.85. The highest BCUT2D eigenvalue weighted by Gasteiger charge is 2.21. The zero-order chi connectivity index (χ0) is 13.2. The molecule has 3 nitrogen and oxygen atoms in total. The van der Waals surface area contributed by atoms with Crippen LogP contribution in [0.3, 0.4) is 0 Å². The Morgan fingerprint density at radius 2 is 1.89 bits per heavy atom. The van der Waals surface area contributed by atoms with Crippen molar-refractivity contribution in [3.8, 4) is 0 Å². The van der Waals surface area contributed by atoms with Crippen LogP contribution in [0.2, 0.25) is 0 Å². The molecule has 0 heterocycles. The van der Waals surface area contributed by atoms with Crippen molar-refractivity contribution in [2.45, 2.75) is 70.8 Å². The first kappa shape index (κ1) is 15.5. The van der Waals surface area contributed by atoms with Crippen molar-refractivity contribution in [2.24, 2.45) is 5.92 Å². The molecule has 0 aromatic heterocycles. The first-order valence-corrected chi connectivity index (χ1v) is 7.70. The van der Waals surface area contributed by atoms with Crippen LogP contribution in [0, 0.1) is 5.92 Å². The van der Waals surface area contributed by atoms with E-state index in [2.05, 4.69) is 17.6 Å². The molecule has 18 heavy (non-hydrogen) atoms. The van der Waals surface area contributed by atoms with E-state index in [0.29, 0.717) is 12.5 Å². The van der Waals surface area contributed by atoms with Crippen molar-refractivity contribution in [1.82, 2.24) is 10.6 Å². The molecule has 0 bridgehead atoms. The van der Waals surface area contributed by atoms with E-state index in [1.807, 2.05) is 7.05 Å². The second kappa shape index (κ2) is 9.37. The van der Waals surface area contributed by atoms with Gasteiger partial charge < -0.3 is 10.6 Å². The van der Waals surface area contributed by atoms with E-state index in [0.717, 1.165) is 18.9 Å². The van der Waals surface area contributed by atoms with Gasteiger partial charge in [-0.2, -0.15) is 0 Å². The first-order valence-electron chi connectivity index (χ1n) is 7.70. The largest absolute Gasteiger partial charge is 0.353 e. The summed E-state index contributed by atoms with van der Waals surface area (Å²) in [6.07, 6.45) is 10.7. The average molecular weight is 254 g/mol. The number of carbonyl (C=O) groups excluding carboxylic acids is 1. The quantitative estimate of drug-likeness (QED) is 0.654. The molecule has 3 heteroatoms. The maximum atomic E-state index is 11.7. The SMILES string of the molecule is CCCCC1CCC(NC(=O)CCCNC)CC1. The van der Waals surface area contributed by atoms with Crippen molar-refractivity contribution in [3.05, 3.63) is 0 Å². The number of nitrogens with one attached hydrogen (secondary N) is 2. The highest BCUT2D eigenvalue weighted by molar-refractivity contribution is 5.76. The van der Waals surface area contributed by atoms with Gasteiger partial charge in [-0.1, -0.05) is 26.2 Å². The molecule has 0 aliphatic heterocycles. The van der Waals surface area contributed by atoms with Gasteiger partial charge in [-0.05, 0) is 51.6 Å². The van der Waals surface area contributed by atoms with Crippen molar-refractivity contribution in [2.75, 3.05) is 13.6 Å². The molecule has 1 aliphatic carbocycles. The van der Waals surface area contributed by atoms with Gasteiger partial charge in [-0.25, -0.2) is 0 Å². The highest BCUT2D eigenvalue weighted by Crippen LogP contribution is 2.28. The Labute approximate surface area is 112 Å². The van der Waals surface area contributed by atoms with Crippen LogP contribution >= 0.6 is 0 Å². The van der Waals surface area contributed by atoms with Crippen LogP contribution in [0.4, 0.5) is 0 Å². The fourth-order valence-electron chi connectivity index (χ4n) is 2.81. The number of hydrogen-bond acceptors (Lipinski definition) is 2. The van der Waals surface area contributed by atoms with Crippen LogP contribution in [0.25, 0.3) is 0 Å². The van der Waals surface area contributed by atoms with E-state index in [1.165, 1.54) is 44.9 Å². The van der Waals surface area contributed by atoms with E-state index in [9.17, 15) is 4.79 Å². The Morgan fingerprint density at radius 1 is 1.17 bits per heavy atom. The third-order valence-corrected chi connectivity index (χ3v) is 4.01. The molecule has 0 atom stereocenters. The molecule has 0 spiro atoms. The first-order chi connectivity index (χ1) is 8.76. The Hall–Kier alpha value is -0.570. The molecule has 1 fully saturated rings. The summed E-state index contributed by atoms with van der Waals surface area (Å²) in [6.45, 7) is 3.19. The standard InChI is InChI=1S/C15H30N2O/c1-3-4-6-13-8-10-14(11-9-13)17-15(18)7-5-12-16-2/h13-14,16H,3-12H2,1-2H3,(H,17,18). The summed E-state index contributed by atoms with van der Waals surface area (Å²) >= 11 is 0. The van der Waals surface area contributed by atoms with Crippen molar-refractivity contribution < 1.29 is 4.79 Å². The molecule has 0 saturated heterocycles. The normalized spacial score (nSPS) is 23.9. The van der Waals surface area contributed by atoms with Gasteiger partial charge in [0.05, 0.1) is 0 Å². The van der Waals surface area contributed by atoms with Crippen LogP contribution in [-0.4, -0.2) is 25.5 Å². The van der Waals surface area contributed by atoms with Crippen LogP contribution in [-0.2, 0) is 4.79 Å². The summed E-state index contributed by atoms with van der Waals surface area (Å²) in [4.78, 5) is 11.7. The summed E-state index contributed by atoms with van der Waals surface area (Å²) in [6, 6.07) is 0.449. The van der Waals surface area contributed by atoms with Crippen LogP contribution in [0.5, 0.6) is 0 Å². The van der Waals surface area contributed by atoms with Gasteiger partial charge in [0.25, 0.3) is 0 Å². The lowest BCUT2D eigenvalue weighted by Crippen LogP contribution is -2.37. The Bertz CT molecular complexity index is 223. The molecular weight excluding hydrogens is 224 g/mol. The lowest BCUT2D eigenvalue weighted by Gasteiger charge is -2.29. The third-order valence-electron chi connectivity index (χ3n) is 4.01. The number of hydrogen-bond donors (Lipinski definition) is 2. The predicted molar refractivity (Wildman–Crippen MR) is 76.6 cm³/mol. The summed E-state index contributed by atoms with van der Waals surface area (Å²) < 4.78 is 0. The van der Waals surface area contributed by atoms with Gasteiger partial charge in [0, 0.05) is 12.5 Å². The second-order valence-electron chi connectivity index (χ2n) is 5.63. The van der Waals surface area contributed by atoms with E-state index < -0.39 is 0 Å². The molecule has 1 aliphatic rings. The second-order valence-corrected chi connectivity index (χ2v) is 5.63. The lowest BCUT2D eigenvalue weighted by molar-refractivity contribution is -0.122. The summed E-state index contributed by atoms with van der Waals surface area (Å²) in [7, 11) is 1.93. The van der Waals surface area contributed by atoms with Crippen LogP contribution in [0.1, 0.15) is 64.7 Å². The van der Waals surface area contributed by atoms with Gasteiger partial charge in [0.1, 0.15) is 0 Å². The Morgan fingerprint density at radius 3 is 2.50 bits per heavy atom. The van der Waals surface area contributed by atoms with E-state index in [4.69, 9.17) is 0 Å². The summed E-state index contributed by atoms with van der Waals surface area (Å²) in [5, 5.41) is 6.26. The Kier molecular flexibility index (Phi) is 8.06. The fraction of sp³-hybridized carbons (Fsp3) is 0.933. The smallest absolute Gasteiger partial charge is 0.220 e. The zero-order valence-corrected chi connectivity index (χ0v) is 12.1. The summed E-state index contributed by atoms with van der Waals surface area (Å²) in [5.74, 6) is 1.16. The van der Waals surface area contributed by atoms with Gasteiger partial charge in [-0.3, -0.25) is 4.79 Å². The van der Waals surface area contributed by atoms with Gasteiger partial charge in [-0.15, -0.1) is 0 Å². The van der Waals surface area contributed by atoms with Crippen LogP contribution < -0.4 is 10.6 Å². The fourth-order valence-corrected chi connectivity index (χ4v) is 2.81. The minimum atomic E-state index is 0.238. The minimum absolute atomic E-state index is 0.238. The molecule has 106 valence electrons. The molecule has 0 aromatic carbocycles. The molecule has 1 amide bonds. The molecule has 1 rings (SSSR count). The van der Waals surface area contributed by atoms with Gasteiger partial charge in [0.15, 0.2) is 0 Å². The maximum Gasteiger partial charge on any atom is 0.220 e. The van der Waals surface area contributed by atoms with E-state index in [-0.39, 0.29) is 5.91 Å². The van der Waals surface area contributed by atoms with Crippen molar-refractivity contribution in [1.29, 1.82) is 0 Å². The Balaban J connectivity index is 2.09. The number of unbranched alkanes of at least 4 members (excludes halogenated alkanes) is 1. The van der Waals surface area contributed by atoms with E-state index in [1.54, 1.807) is 0 Å². The van der Waals surface area contributed by atoms with Crippen LogP contribution in [0.15, 0.2) is 0 Å². The number of carbonyl (C=O) groups is 1. The van der Waals surface area contributed by atoms with Crippen molar-refractivity contribution >= 4 is 5.91 Å². The molecule has 1 saturated carbocycles.